The monoisotopic (exact) mass is 1320 g/mol. The van der Waals surface area contributed by atoms with Crippen molar-refractivity contribution in [2.24, 2.45) is 0 Å². The maximum absolute atomic E-state index is 10.6. The zero-order valence-electron chi connectivity index (χ0n) is 54.7. The van der Waals surface area contributed by atoms with E-state index in [-0.39, 0.29) is 0 Å². The van der Waals surface area contributed by atoms with Crippen LogP contribution in [-0.4, -0.2) is 24.1 Å². The largest absolute Gasteiger partial charge is 0.309 e. The van der Waals surface area contributed by atoms with Crippen molar-refractivity contribution in [2.75, 3.05) is 0 Å². The van der Waals surface area contributed by atoms with Crippen LogP contribution in [0.2, 0.25) is 0 Å². The van der Waals surface area contributed by atoms with Gasteiger partial charge in [-0.25, -0.2) is 15.0 Å². The second-order valence-electron chi connectivity index (χ2n) is 24.7. The van der Waals surface area contributed by atoms with Crippen molar-refractivity contribution in [3.63, 3.8) is 0 Å². The molecule has 0 aliphatic carbocycles. The van der Waals surface area contributed by atoms with Crippen LogP contribution in [0.25, 0.3) is 156 Å². The third kappa shape index (κ3) is 10.9. The summed E-state index contributed by atoms with van der Waals surface area (Å²) in [4.78, 5) is 16.0. The minimum absolute atomic E-state index is 0.327. The van der Waals surface area contributed by atoms with Crippen molar-refractivity contribution < 1.29 is 0 Å². The van der Waals surface area contributed by atoms with E-state index in [4.69, 9.17) is 15.0 Å². The standard InChI is InChI=1S/C90H44N14/c91-45-54-11-17-59(18-12-54)62-19-29-82(103-83-30-20-63(72-25-13-55(46-92)35-68(72)50-96)40-77(83)78-41-64(21-31-84(78)103)73-26-14-56(47-93)36-69(73)51-97)76(39-62)67-24-34-87(81(44-67)90-101-88(60-7-3-1-4-8-60)100-89(102-90)61-9-5-2-6-10-61)104-85-32-22-65(74-27-15-57(48-94)37-70(74)52-98)42-79(85)80-43-66(23-33-86(80)104)75-28-16-58(49-95)38-71(75)53-99/h1-44H. The molecule has 0 atom stereocenters. The molecule has 16 rings (SSSR count). The molecular weight excluding hydrogens is 1280 g/mol. The molecule has 0 fully saturated rings. The van der Waals surface area contributed by atoms with E-state index in [1.165, 1.54) is 0 Å². The van der Waals surface area contributed by atoms with Crippen molar-refractivity contribution in [1.82, 2.24) is 24.1 Å². The van der Waals surface area contributed by atoms with Crippen LogP contribution in [-0.2, 0) is 0 Å². The number of hydrogen-bond acceptors (Lipinski definition) is 12. The lowest BCUT2D eigenvalue weighted by Gasteiger charge is -2.19. The number of nitrogens with zero attached hydrogens (tertiary/aromatic N) is 14. The smallest absolute Gasteiger partial charge is 0.166 e. The van der Waals surface area contributed by atoms with Gasteiger partial charge in [-0.05, 0) is 195 Å². The summed E-state index contributed by atoms with van der Waals surface area (Å²) >= 11 is 0. The van der Waals surface area contributed by atoms with Gasteiger partial charge in [0.2, 0.25) is 0 Å². The molecule has 0 spiro atoms. The number of nitriles is 9. The fourth-order valence-electron chi connectivity index (χ4n) is 14.0. The Balaban J connectivity index is 1.01. The van der Waals surface area contributed by atoms with Crippen LogP contribution in [0.15, 0.2) is 267 Å². The van der Waals surface area contributed by atoms with E-state index in [1.807, 2.05) is 133 Å². The Hall–Kier alpha value is -16.1. The molecule has 13 aromatic carbocycles. The summed E-state index contributed by atoms with van der Waals surface area (Å²) in [6, 6.07) is 104. The van der Waals surface area contributed by atoms with Crippen LogP contribution in [0, 0.1) is 102 Å². The Morgan fingerprint density at radius 2 is 0.490 bits per heavy atom. The molecule has 3 aromatic heterocycles. The predicted molar refractivity (Wildman–Crippen MR) is 400 cm³/mol. The van der Waals surface area contributed by atoms with Crippen LogP contribution in [0.4, 0.5) is 0 Å². The SMILES string of the molecule is N#Cc1ccc(-c2ccc(-n3c4ccc(-c5ccc(C#N)cc5C#N)cc4c4cc(-c5ccc(C#N)cc5C#N)ccc43)c(-c3ccc(-n4c5ccc(-c6ccc(C#N)cc6C#N)cc5c5cc(-c6ccc(C#N)cc6C#N)ccc54)c(-c4nc(-c5ccccc5)nc(-c5ccccc5)n4)c3)c2)cc1. The van der Waals surface area contributed by atoms with E-state index in [9.17, 15) is 47.4 Å². The van der Waals surface area contributed by atoms with Gasteiger partial charge >= 0.3 is 0 Å². The van der Waals surface area contributed by atoms with Gasteiger partial charge in [-0.1, -0.05) is 133 Å². The van der Waals surface area contributed by atoms with Gasteiger partial charge in [0.1, 0.15) is 0 Å². The second-order valence-corrected chi connectivity index (χ2v) is 24.7. The van der Waals surface area contributed by atoms with Gasteiger partial charge in [0, 0.05) is 43.8 Å². The van der Waals surface area contributed by atoms with E-state index in [0.29, 0.717) is 101 Å². The first-order chi connectivity index (χ1) is 51.1. The first kappa shape index (κ1) is 62.7. The number of benzene rings is 13. The van der Waals surface area contributed by atoms with Crippen LogP contribution in [0.3, 0.4) is 0 Å². The average Bonchev–Trinajstić information content (AvgIpc) is 1.56. The number of hydrogen-bond donors (Lipinski definition) is 0. The molecule has 16 aromatic rings. The van der Waals surface area contributed by atoms with Gasteiger partial charge in [0.15, 0.2) is 17.5 Å². The van der Waals surface area contributed by atoms with Crippen LogP contribution in [0.5, 0.6) is 0 Å². The predicted octanol–water partition coefficient (Wildman–Crippen LogP) is 19.9. The Labute approximate surface area is 595 Å². The Kier molecular flexibility index (Phi) is 15.7. The molecule has 0 bridgehead atoms. The molecule has 14 nitrogen and oxygen atoms in total. The lowest BCUT2D eigenvalue weighted by molar-refractivity contribution is 1.06. The first-order valence-corrected chi connectivity index (χ1v) is 32.7. The van der Waals surface area contributed by atoms with Crippen molar-refractivity contribution >= 4 is 43.6 Å². The zero-order chi connectivity index (χ0) is 71.1. The van der Waals surface area contributed by atoms with E-state index >= 15 is 0 Å². The van der Waals surface area contributed by atoms with Gasteiger partial charge < -0.3 is 9.13 Å². The second kappa shape index (κ2) is 26.0. The molecule has 474 valence electrons. The number of rotatable bonds is 11. The molecule has 0 aliphatic rings. The fraction of sp³-hybridized carbons (Fsp3) is 0. The first-order valence-electron chi connectivity index (χ1n) is 32.7. The summed E-state index contributed by atoms with van der Waals surface area (Å²) in [5, 5.41) is 95.0. The highest BCUT2D eigenvalue weighted by atomic mass is 15.1. The van der Waals surface area contributed by atoms with Gasteiger partial charge in [-0.2, -0.15) is 47.4 Å². The Morgan fingerprint density at radius 1 is 0.202 bits per heavy atom. The lowest BCUT2D eigenvalue weighted by Crippen LogP contribution is -2.04. The highest BCUT2D eigenvalue weighted by Crippen LogP contribution is 2.46. The summed E-state index contributed by atoms with van der Waals surface area (Å²) < 4.78 is 4.38. The van der Waals surface area contributed by atoms with Crippen LogP contribution < -0.4 is 0 Å². The molecule has 0 N–H and O–H groups in total. The zero-order valence-corrected chi connectivity index (χ0v) is 54.7. The summed E-state index contributed by atoms with van der Waals surface area (Å²) in [5.41, 5.74) is 18.5. The molecule has 0 saturated carbocycles. The maximum Gasteiger partial charge on any atom is 0.166 e. The normalized spacial score (nSPS) is 10.8. The minimum atomic E-state index is 0.327. The Morgan fingerprint density at radius 3 is 0.837 bits per heavy atom. The van der Waals surface area contributed by atoms with Gasteiger partial charge in [-0.15, -0.1) is 0 Å². The fourth-order valence-corrected chi connectivity index (χ4v) is 14.0. The molecule has 0 amide bonds. The van der Waals surface area contributed by atoms with Gasteiger partial charge in [0.05, 0.1) is 138 Å². The summed E-state index contributed by atoms with van der Waals surface area (Å²) in [7, 11) is 0. The maximum atomic E-state index is 10.6. The minimum Gasteiger partial charge on any atom is -0.309 e. The van der Waals surface area contributed by atoms with Gasteiger partial charge in [0.25, 0.3) is 0 Å². The topological polar surface area (TPSA) is 263 Å². The molecule has 0 aliphatic heterocycles. The van der Waals surface area contributed by atoms with E-state index < -0.39 is 0 Å². The van der Waals surface area contributed by atoms with Crippen LogP contribution >= 0.6 is 0 Å². The molecule has 0 unspecified atom stereocenters. The molecule has 3 heterocycles. The van der Waals surface area contributed by atoms with Crippen molar-refractivity contribution in [3.05, 3.63) is 317 Å². The van der Waals surface area contributed by atoms with Crippen molar-refractivity contribution in [3.8, 4) is 167 Å². The number of fused-ring (bicyclic) bond motifs is 6. The third-order valence-electron chi connectivity index (χ3n) is 18.9. The molecule has 0 saturated heterocycles. The Bertz CT molecular complexity index is 6450. The summed E-state index contributed by atoms with van der Waals surface area (Å²) in [6.07, 6.45) is 0. The van der Waals surface area contributed by atoms with Crippen molar-refractivity contribution in [1.29, 1.82) is 47.4 Å². The van der Waals surface area contributed by atoms with E-state index in [2.05, 4.69) is 112 Å². The van der Waals surface area contributed by atoms with E-state index in [1.54, 1.807) is 84.9 Å². The number of aromatic nitrogens is 5. The lowest BCUT2D eigenvalue weighted by atomic mass is 9.94. The average molecular weight is 1320 g/mol. The molecule has 104 heavy (non-hydrogen) atoms. The van der Waals surface area contributed by atoms with E-state index in [0.717, 1.165) is 105 Å². The quantitative estimate of drug-likeness (QED) is 0.117. The highest BCUT2D eigenvalue weighted by molar-refractivity contribution is 6.14. The molecular formula is C90H44N14. The highest BCUT2D eigenvalue weighted by Gasteiger charge is 2.26. The third-order valence-corrected chi connectivity index (χ3v) is 18.9. The summed E-state index contributed by atoms with van der Waals surface area (Å²) in [6.45, 7) is 0. The molecule has 0 radical (unpaired) electrons. The molecule has 14 heteroatoms. The van der Waals surface area contributed by atoms with Crippen molar-refractivity contribution in [2.45, 2.75) is 0 Å². The van der Waals surface area contributed by atoms with Gasteiger partial charge in [-0.3, -0.25) is 0 Å². The summed E-state index contributed by atoms with van der Waals surface area (Å²) in [5.74, 6) is 1.19. The van der Waals surface area contributed by atoms with Crippen LogP contribution in [0.1, 0.15) is 50.1 Å².